The molecule has 0 radical (unpaired) electrons. The highest BCUT2D eigenvalue weighted by molar-refractivity contribution is 8.53. The number of rotatable bonds is 1. The van der Waals surface area contributed by atoms with Crippen LogP contribution in [-0.4, -0.2) is 26.2 Å². The molecule has 1 aromatic rings. The Labute approximate surface area is 99.7 Å². The molecule has 0 atom stereocenters. The number of nitrogens with one attached hydrogen (secondary N) is 1. The molecule has 1 aromatic heterocycles. The summed E-state index contributed by atoms with van der Waals surface area (Å²) < 4.78 is 1.41. The van der Waals surface area contributed by atoms with Gasteiger partial charge >= 0.3 is 0 Å². The van der Waals surface area contributed by atoms with E-state index >= 15 is 0 Å². The molecule has 0 aromatic carbocycles. The second-order valence-corrected chi connectivity index (χ2v) is 5.99. The number of hydrogen-bond donors (Lipinski definition) is 1. The fourth-order valence-electron chi connectivity index (χ4n) is 0.580. The molecular weight excluding hydrogens is 254 g/mol. The Morgan fingerprint density at radius 2 is 2.29 bits per heavy atom. The van der Waals surface area contributed by atoms with Crippen molar-refractivity contribution in [1.29, 1.82) is 5.41 Å². The van der Waals surface area contributed by atoms with Crippen molar-refractivity contribution in [3.8, 4) is 0 Å². The van der Waals surface area contributed by atoms with E-state index < -0.39 is 0 Å². The highest BCUT2D eigenvalue weighted by Crippen LogP contribution is 2.25. The van der Waals surface area contributed by atoms with Crippen molar-refractivity contribution < 1.29 is 0 Å². The second-order valence-electron chi connectivity index (χ2n) is 1.99. The largest absolute Gasteiger partial charge is 0.288 e. The fourth-order valence-corrected chi connectivity index (χ4v) is 2.99. The van der Waals surface area contributed by atoms with Crippen LogP contribution in [0.15, 0.2) is 16.6 Å². The Morgan fingerprint density at radius 1 is 1.50 bits per heavy atom. The molecule has 7 heteroatoms. The first-order chi connectivity index (χ1) is 6.76. The number of aromatic nitrogens is 1. The van der Waals surface area contributed by atoms with Crippen LogP contribution in [-0.2, 0) is 0 Å². The Balaban J connectivity index is 2.66. The summed E-state index contributed by atoms with van der Waals surface area (Å²) in [7, 11) is 0. The van der Waals surface area contributed by atoms with Crippen LogP contribution in [0, 0.1) is 5.41 Å². The number of thiazole rings is 1. The number of hydrogen-bond acceptors (Lipinski definition) is 7. The minimum absolute atomic E-state index is 0.551. The number of aliphatic imine (C=N–C) groups is 1. The van der Waals surface area contributed by atoms with Crippen molar-refractivity contribution in [1.82, 2.24) is 4.98 Å². The van der Waals surface area contributed by atoms with Gasteiger partial charge in [0.15, 0.2) is 0 Å². The number of thioether (sulfide) groups is 3. The molecule has 0 aliphatic heterocycles. The van der Waals surface area contributed by atoms with Gasteiger partial charge in [-0.25, -0.2) is 9.98 Å². The lowest BCUT2D eigenvalue weighted by Gasteiger charge is -1.99. The highest BCUT2D eigenvalue weighted by atomic mass is 32.2. The molecular formula is C7H9N3S4. The lowest BCUT2D eigenvalue weighted by atomic mass is 11.0. The van der Waals surface area contributed by atoms with Crippen molar-refractivity contribution >= 4 is 60.5 Å². The maximum Gasteiger partial charge on any atom is 0.210 e. The van der Waals surface area contributed by atoms with E-state index in [0.29, 0.717) is 4.38 Å². The monoisotopic (exact) mass is 263 g/mol. The maximum absolute atomic E-state index is 7.51. The Hall–Kier alpha value is 0.0200. The topological polar surface area (TPSA) is 49.1 Å². The molecule has 0 aliphatic carbocycles. The van der Waals surface area contributed by atoms with Gasteiger partial charge in [-0.3, -0.25) is 5.41 Å². The molecule has 0 unspecified atom stereocenters. The van der Waals surface area contributed by atoms with Gasteiger partial charge in [-0.15, -0.1) is 34.9 Å². The van der Waals surface area contributed by atoms with Crippen LogP contribution in [0.3, 0.4) is 0 Å². The molecule has 0 bridgehead atoms. The van der Waals surface area contributed by atoms with Crippen molar-refractivity contribution in [3.63, 3.8) is 0 Å². The third-order valence-electron chi connectivity index (χ3n) is 1.15. The lowest BCUT2D eigenvalue weighted by Crippen LogP contribution is -1.89. The summed E-state index contributed by atoms with van der Waals surface area (Å²) >= 11 is 5.82. The maximum atomic E-state index is 7.51. The van der Waals surface area contributed by atoms with Crippen LogP contribution in [0.4, 0.5) is 5.13 Å². The average molecular weight is 263 g/mol. The van der Waals surface area contributed by atoms with Gasteiger partial charge in [0.05, 0.1) is 0 Å². The standard InChI is InChI=1S/C7H9N3S4/c1-11-5(8)14-7(12-2)10-6-9-3-4-13-6/h3-4,8H,1-2H3. The van der Waals surface area contributed by atoms with Crippen molar-refractivity contribution in [2.75, 3.05) is 12.5 Å². The molecule has 0 saturated heterocycles. The first-order valence-electron chi connectivity index (χ1n) is 3.59. The average Bonchev–Trinajstić information content (AvgIpc) is 2.69. The third kappa shape index (κ3) is 4.04. The fraction of sp³-hybridized carbons (Fsp3) is 0.286. The molecule has 76 valence electrons. The van der Waals surface area contributed by atoms with E-state index in [0.717, 1.165) is 9.51 Å². The second kappa shape index (κ2) is 6.49. The third-order valence-corrected chi connectivity index (χ3v) is 4.57. The van der Waals surface area contributed by atoms with E-state index in [1.807, 2.05) is 17.9 Å². The molecule has 0 amide bonds. The Bertz CT molecular complexity index is 320. The smallest absolute Gasteiger partial charge is 0.210 e. The van der Waals surface area contributed by atoms with E-state index in [-0.39, 0.29) is 0 Å². The summed E-state index contributed by atoms with van der Waals surface area (Å²) in [5.41, 5.74) is 0. The summed E-state index contributed by atoms with van der Waals surface area (Å²) in [4.78, 5) is 8.39. The van der Waals surface area contributed by atoms with Gasteiger partial charge in [0.2, 0.25) is 5.13 Å². The molecule has 1 heterocycles. The quantitative estimate of drug-likeness (QED) is 0.622. The van der Waals surface area contributed by atoms with E-state index in [1.54, 1.807) is 6.20 Å². The Morgan fingerprint density at radius 3 is 2.79 bits per heavy atom. The first-order valence-corrected chi connectivity index (χ1v) is 7.73. The van der Waals surface area contributed by atoms with E-state index in [9.17, 15) is 0 Å². The van der Waals surface area contributed by atoms with Gasteiger partial charge in [0.25, 0.3) is 0 Å². The van der Waals surface area contributed by atoms with Crippen LogP contribution < -0.4 is 0 Å². The summed E-state index contributed by atoms with van der Waals surface area (Å²) in [5.74, 6) is 0. The van der Waals surface area contributed by atoms with E-state index in [2.05, 4.69) is 9.98 Å². The normalized spacial score (nSPS) is 11.7. The molecule has 0 aliphatic rings. The molecule has 3 nitrogen and oxygen atoms in total. The summed E-state index contributed by atoms with van der Waals surface area (Å²) in [5, 5.41) is 10.2. The molecule has 1 N–H and O–H groups in total. The minimum Gasteiger partial charge on any atom is -0.288 e. The summed E-state index contributed by atoms with van der Waals surface area (Å²) in [6.07, 6.45) is 5.57. The van der Waals surface area contributed by atoms with Crippen LogP contribution in [0.25, 0.3) is 0 Å². The summed E-state index contributed by atoms with van der Waals surface area (Å²) in [6.45, 7) is 0. The molecule has 0 fully saturated rings. The van der Waals surface area contributed by atoms with Gasteiger partial charge in [-0.05, 0) is 24.3 Å². The predicted molar refractivity (Wildman–Crippen MR) is 71.6 cm³/mol. The molecule has 0 saturated carbocycles. The van der Waals surface area contributed by atoms with Gasteiger partial charge in [0, 0.05) is 11.6 Å². The highest BCUT2D eigenvalue weighted by Gasteiger charge is 2.04. The van der Waals surface area contributed by atoms with Crippen molar-refractivity contribution in [3.05, 3.63) is 11.6 Å². The molecule has 0 spiro atoms. The predicted octanol–water partition coefficient (Wildman–Crippen LogP) is 3.52. The van der Waals surface area contributed by atoms with Crippen molar-refractivity contribution in [2.24, 2.45) is 4.99 Å². The van der Waals surface area contributed by atoms with Crippen LogP contribution in [0.5, 0.6) is 0 Å². The van der Waals surface area contributed by atoms with Crippen LogP contribution in [0.2, 0.25) is 0 Å². The van der Waals surface area contributed by atoms with E-state index in [1.165, 1.54) is 46.6 Å². The number of nitrogens with zero attached hydrogens (tertiary/aromatic N) is 2. The van der Waals surface area contributed by atoms with Crippen LogP contribution in [0.1, 0.15) is 0 Å². The zero-order valence-electron chi connectivity index (χ0n) is 7.68. The van der Waals surface area contributed by atoms with Gasteiger partial charge in [-0.2, -0.15) is 0 Å². The van der Waals surface area contributed by atoms with E-state index in [4.69, 9.17) is 5.41 Å². The summed E-state index contributed by atoms with van der Waals surface area (Å²) in [6, 6.07) is 0. The lowest BCUT2D eigenvalue weighted by molar-refractivity contribution is 1.37. The molecule has 1 rings (SSSR count). The van der Waals surface area contributed by atoms with Gasteiger partial charge in [-0.1, -0.05) is 0 Å². The van der Waals surface area contributed by atoms with Crippen LogP contribution >= 0.6 is 46.6 Å². The van der Waals surface area contributed by atoms with Crippen molar-refractivity contribution in [2.45, 2.75) is 0 Å². The first kappa shape index (κ1) is 12.1. The molecule has 14 heavy (non-hydrogen) atoms. The zero-order valence-corrected chi connectivity index (χ0v) is 10.9. The zero-order chi connectivity index (χ0) is 10.4. The van der Waals surface area contributed by atoms with Gasteiger partial charge < -0.3 is 0 Å². The Kier molecular flexibility index (Phi) is 5.61. The SMILES string of the molecule is CSC(=N)SC(=Nc1nccs1)SC. The minimum atomic E-state index is 0.551. The van der Waals surface area contributed by atoms with Gasteiger partial charge in [0.1, 0.15) is 8.75 Å².